The maximum atomic E-state index is 5.56. The van der Waals surface area contributed by atoms with Crippen LogP contribution in [0.4, 0.5) is 0 Å². The number of nitrogens with zero attached hydrogens (tertiary/aromatic N) is 2. The summed E-state index contributed by atoms with van der Waals surface area (Å²) in [5, 5.41) is 4.08. The summed E-state index contributed by atoms with van der Waals surface area (Å²) >= 11 is 0. The standard InChI is InChI=1S/C13H13N3/c14-11-13-5-1-4-12(10-13)6-2-8-16-9-3-7-15-16/h1,3-5,7,9-10H,8,11,14H2. The van der Waals surface area contributed by atoms with Gasteiger partial charge in [0.1, 0.15) is 6.54 Å². The minimum absolute atomic E-state index is 0.550. The Labute approximate surface area is 94.9 Å². The second-order valence-corrected chi connectivity index (χ2v) is 3.41. The molecular weight excluding hydrogens is 198 g/mol. The normalized spacial score (nSPS) is 9.56. The first-order valence-corrected chi connectivity index (χ1v) is 5.14. The third-order valence-corrected chi connectivity index (χ3v) is 2.20. The molecule has 0 aliphatic heterocycles. The lowest BCUT2D eigenvalue weighted by molar-refractivity contribution is 0.715. The van der Waals surface area contributed by atoms with E-state index < -0.39 is 0 Å². The largest absolute Gasteiger partial charge is 0.326 e. The molecule has 0 spiro atoms. The fourth-order valence-corrected chi connectivity index (χ4v) is 1.39. The van der Waals surface area contributed by atoms with Crippen LogP contribution in [0.15, 0.2) is 42.7 Å². The van der Waals surface area contributed by atoms with Crippen molar-refractivity contribution in [2.45, 2.75) is 13.1 Å². The van der Waals surface area contributed by atoms with Crippen LogP contribution in [0, 0.1) is 11.8 Å². The van der Waals surface area contributed by atoms with Crippen LogP contribution in [0.2, 0.25) is 0 Å². The number of hydrogen-bond acceptors (Lipinski definition) is 2. The minimum Gasteiger partial charge on any atom is -0.326 e. The summed E-state index contributed by atoms with van der Waals surface area (Å²) in [6.07, 6.45) is 3.64. The van der Waals surface area contributed by atoms with E-state index in [4.69, 9.17) is 5.73 Å². The molecule has 1 aromatic carbocycles. The fraction of sp³-hybridized carbons (Fsp3) is 0.154. The molecule has 1 heterocycles. The molecule has 0 saturated carbocycles. The highest BCUT2D eigenvalue weighted by Crippen LogP contribution is 2.02. The van der Waals surface area contributed by atoms with Crippen LogP contribution in [0.25, 0.3) is 0 Å². The van der Waals surface area contributed by atoms with Gasteiger partial charge in [-0.05, 0) is 23.8 Å². The van der Waals surface area contributed by atoms with Crippen molar-refractivity contribution in [3.8, 4) is 11.8 Å². The Morgan fingerprint density at radius 3 is 3.00 bits per heavy atom. The van der Waals surface area contributed by atoms with Gasteiger partial charge in [-0.25, -0.2) is 0 Å². The lowest BCUT2D eigenvalue weighted by Crippen LogP contribution is -1.96. The predicted octanol–water partition coefficient (Wildman–Crippen LogP) is 1.39. The van der Waals surface area contributed by atoms with Crippen LogP contribution in [-0.4, -0.2) is 9.78 Å². The number of aromatic nitrogens is 2. The SMILES string of the molecule is NCc1cccc(C#CCn2cccn2)c1. The molecule has 2 N–H and O–H groups in total. The van der Waals surface area contributed by atoms with Gasteiger partial charge in [-0.1, -0.05) is 24.0 Å². The molecule has 0 amide bonds. The van der Waals surface area contributed by atoms with E-state index in [1.807, 2.05) is 36.5 Å². The van der Waals surface area contributed by atoms with Gasteiger partial charge in [-0.15, -0.1) is 0 Å². The van der Waals surface area contributed by atoms with Crippen LogP contribution in [0.5, 0.6) is 0 Å². The molecule has 16 heavy (non-hydrogen) atoms. The van der Waals surface area contributed by atoms with Crippen molar-refractivity contribution in [2.24, 2.45) is 5.73 Å². The van der Waals surface area contributed by atoms with Crippen molar-refractivity contribution in [1.82, 2.24) is 9.78 Å². The summed E-state index contributed by atoms with van der Waals surface area (Å²) in [6.45, 7) is 1.16. The first-order valence-electron chi connectivity index (χ1n) is 5.14. The number of hydrogen-bond donors (Lipinski definition) is 1. The first-order chi connectivity index (χ1) is 7.88. The molecule has 0 fully saturated rings. The Hall–Kier alpha value is -2.05. The molecule has 80 valence electrons. The molecule has 0 aliphatic carbocycles. The van der Waals surface area contributed by atoms with Gasteiger partial charge >= 0.3 is 0 Å². The number of nitrogens with two attached hydrogens (primary N) is 1. The van der Waals surface area contributed by atoms with Gasteiger partial charge in [0.2, 0.25) is 0 Å². The van der Waals surface area contributed by atoms with E-state index in [0.29, 0.717) is 13.1 Å². The summed E-state index contributed by atoms with van der Waals surface area (Å²) in [5.41, 5.74) is 7.66. The number of rotatable bonds is 2. The Morgan fingerprint density at radius 2 is 2.25 bits per heavy atom. The van der Waals surface area contributed by atoms with Crippen molar-refractivity contribution >= 4 is 0 Å². The van der Waals surface area contributed by atoms with Gasteiger partial charge in [0.25, 0.3) is 0 Å². The highest BCUT2D eigenvalue weighted by molar-refractivity contribution is 5.36. The zero-order valence-corrected chi connectivity index (χ0v) is 8.93. The molecule has 3 nitrogen and oxygen atoms in total. The van der Waals surface area contributed by atoms with Crippen molar-refractivity contribution < 1.29 is 0 Å². The molecule has 0 bridgehead atoms. The second-order valence-electron chi connectivity index (χ2n) is 3.41. The molecular formula is C13H13N3. The minimum atomic E-state index is 0.550. The Balaban J connectivity index is 2.06. The molecule has 0 aliphatic rings. The highest BCUT2D eigenvalue weighted by Gasteiger charge is 1.90. The molecule has 3 heteroatoms. The Kier molecular flexibility index (Phi) is 3.37. The van der Waals surface area contributed by atoms with Gasteiger partial charge in [0, 0.05) is 24.5 Å². The van der Waals surface area contributed by atoms with Crippen molar-refractivity contribution in [3.63, 3.8) is 0 Å². The molecule has 2 aromatic rings. The molecule has 1 aromatic heterocycles. The van der Waals surface area contributed by atoms with E-state index in [9.17, 15) is 0 Å². The van der Waals surface area contributed by atoms with Gasteiger partial charge in [-0.3, -0.25) is 4.68 Å². The van der Waals surface area contributed by atoms with Crippen molar-refractivity contribution in [3.05, 3.63) is 53.9 Å². The molecule has 0 unspecified atom stereocenters. The van der Waals surface area contributed by atoms with E-state index in [1.165, 1.54) is 0 Å². The summed E-state index contributed by atoms with van der Waals surface area (Å²) < 4.78 is 1.79. The fourth-order valence-electron chi connectivity index (χ4n) is 1.39. The van der Waals surface area contributed by atoms with Crippen LogP contribution < -0.4 is 5.73 Å². The van der Waals surface area contributed by atoms with E-state index in [2.05, 4.69) is 16.9 Å². The average Bonchev–Trinajstić information content (AvgIpc) is 2.82. The molecule has 0 saturated heterocycles. The predicted molar refractivity (Wildman–Crippen MR) is 63.4 cm³/mol. The van der Waals surface area contributed by atoms with Crippen molar-refractivity contribution in [1.29, 1.82) is 0 Å². The lowest BCUT2D eigenvalue weighted by Gasteiger charge is -1.96. The topological polar surface area (TPSA) is 43.8 Å². The van der Waals surface area contributed by atoms with E-state index in [1.54, 1.807) is 10.9 Å². The van der Waals surface area contributed by atoms with Gasteiger partial charge in [0.15, 0.2) is 0 Å². The van der Waals surface area contributed by atoms with E-state index in [0.717, 1.165) is 11.1 Å². The summed E-state index contributed by atoms with van der Waals surface area (Å²) in [6, 6.07) is 9.85. The quantitative estimate of drug-likeness (QED) is 0.763. The molecule has 0 atom stereocenters. The lowest BCUT2D eigenvalue weighted by atomic mass is 10.1. The number of benzene rings is 1. The molecule has 2 rings (SSSR count). The van der Waals surface area contributed by atoms with E-state index in [-0.39, 0.29) is 0 Å². The van der Waals surface area contributed by atoms with Crippen LogP contribution >= 0.6 is 0 Å². The summed E-state index contributed by atoms with van der Waals surface area (Å²) in [7, 11) is 0. The van der Waals surface area contributed by atoms with Crippen LogP contribution in [-0.2, 0) is 13.1 Å². The van der Waals surface area contributed by atoms with Crippen LogP contribution in [0.3, 0.4) is 0 Å². The molecule has 0 radical (unpaired) electrons. The van der Waals surface area contributed by atoms with E-state index >= 15 is 0 Å². The maximum Gasteiger partial charge on any atom is 0.102 e. The summed E-state index contributed by atoms with van der Waals surface area (Å²) in [5.74, 6) is 6.16. The Morgan fingerprint density at radius 1 is 1.31 bits per heavy atom. The maximum absolute atomic E-state index is 5.56. The zero-order valence-electron chi connectivity index (χ0n) is 8.93. The Bertz CT molecular complexity index is 503. The van der Waals surface area contributed by atoms with Crippen LogP contribution in [0.1, 0.15) is 11.1 Å². The highest BCUT2D eigenvalue weighted by atomic mass is 15.3. The first kappa shape index (κ1) is 10.5. The zero-order chi connectivity index (χ0) is 11.2. The average molecular weight is 211 g/mol. The monoisotopic (exact) mass is 211 g/mol. The smallest absolute Gasteiger partial charge is 0.102 e. The van der Waals surface area contributed by atoms with Crippen molar-refractivity contribution in [2.75, 3.05) is 0 Å². The third kappa shape index (κ3) is 2.72. The van der Waals surface area contributed by atoms with Gasteiger partial charge in [0.05, 0.1) is 0 Å². The van der Waals surface area contributed by atoms with Gasteiger partial charge in [-0.2, -0.15) is 5.10 Å². The van der Waals surface area contributed by atoms with Gasteiger partial charge < -0.3 is 5.73 Å². The summed E-state index contributed by atoms with van der Waals surface area (Å²) in [4.78, 5) is 0. The third-order valence-electron chi connectivity index (χ3n) is 2.20. The second kappa shape index (κ2) is 5.15.